The summed E-state index contributed by atoms with van der Waals surface area (Å²) in [6.07, 6.45) is 34.0. The molecule has 2 nitrogen and oxygen atoms in total. The maximum atomic E-state index is 2.59. The zero-order valence-electron chi connectivity index (χ0n) is 21.8. The Morgan fingerprint density at radius 3 is 1.55 bits per heavy atom. The van der Waals surface area contributed by atoms with Gasteiger partial charge in [-0.15, -0.1) is 0 Å². The maximum Gasteiger partial charge on any atom is 0.256 e. The Morgan fingerprint density at radius 2 is 1.00 bits per heavy atom. The average Bonchev–Trinajstić information content (AvgIpc) is 3.16. The van der Waals surface area contributed by atoms with Crippen LogP contribution in [0.5, 0.6) is 0 Å². The fourth-order valence-corrected chi connectivity index (χ4v) is 4.73. The van der Waals surface area contributed by atoms with Crippen molar-refractivity contribution in [1.82, 2.24) is 4.57 Å². The minimum atomic E-state index is 1.22. The van der Waals surface area contributed by atoms with E-state index in [0.717, 1.165) is 0 Å². The van der Waals surface area contributed by atoms with Crippen molar-refractivity contribution in [2.45, 2.75) is 169 Å². The normalized spacial score (nSPS) is 11.5. The number of hydrogen-bond donors (Lipinski definition) is 0. The van der Waals surface area contributed by atoms with Gasteiger partial charge in [-0.2, -0.15) is 0 Å². The van der Waals surface area contributed by atoms with E-state index in [0.29, 0.717) is 0 Å². The summed E-state index contributed by atoms with van der Waals surface area (Å²) in [5, 5.41) is 0. The predicted molar refractivity (Wildman–Crippen MR) is 138 cm³/mol. The van der Waals surface area contributed by atoms with Crippen molar-refractivity contribution in [2.24, 2.45) is 0 Å². The van der Waals surface area contributed by atoms with Gasteiger partial charge in [0.25, 0.3) is 5.82 Å². The van der Waals surface area contributed by atoms with Crippen LogP contribution in [0.1, 0.15) is 155 Å². The first-order valence-electron chi connectivity index (χ1n) is 14.4. The SMILES string of the molecule is CCCCCCCCCCn1cc[n+](CCCCCCCCCC)c1CCCCCC. The molecule has 1 aromatic rings. The fourth-order valence-electron chi connectivity index (χ4n) is 4.73. The third kappa shape index (κ3) is 14.8. The molecule has 0 spiro atoms. The maximum absolute atomic E-state index is 2.59. The van der Waals surface area contributed by atoms with Crippen LogP contribution < -0.4 is 4.57 Å². The quantitative estimate of drug-likeness (QED) is 0.120. The van der Waals surface area contributed by atoms with Gasteiger partial charge in [-0.05, 0) is 32.1 Å². The Morgan fingerprint density at radius 1 is 0.548 bits per heavy atom. The molecule has 0 radical (unpaired) electrons. The van der Waals surface area contributed by atoms with E-state index < -0.39 is 0 Å². The second-order valence-electron chi connectivity index (χ2n) is 9.86. The molecule has 0 aliphatic carbocycles. The number of nitrogens with zero attached hydrogens (tertiary/aromatic N) is 2. The van der Waals surface area contributed by atoms with Gasteiger partial charge < -0.3 is 0 Å². The van der Waals surface area contributed by atoms with Crippen molar-refractivity contribution in [3.05, 3.63) is 18.2 Å². The van der Waals surface area contributed by atoms with Crippen LogP contribution in [0.4, 0.5) is 0 Å². The van der Waals surface area contributed by atoms with E-state index in [4.69, 9.17) is 0 Å². The third-order valence-corrected chi connectivity index (χ3v) is 6.85. The van der Waals surface area contributed by atoms with Gasteiger partial charge in [-0.25, -0.2) is 9.13 Å². The molecule has 0 atom stereocenters. The van der Waals surface area contributed by atoms with Gasteiger partial charge >= 0.3 is 0 Å². The standard InChI is InChI=1S/C29H57N2/c1-4-7-10-13-15-17-19-22-25-30-27-28-31(29(30)24-21-12-9-6-3)26-23-20-18-16-14-11-8-5-2/h27-28H,4-26H2,1-3H3/q+1. The fraction of sp³-hybridized carbons (Fsp3) is 0.897. The highest BCUT2D eigenvalue weighted by atomic mass is 15.1. The van der Waals surface area contributed by atoms with Crippen LogP contribution in [0.15, 0.2) is 12.4 Å². The van der Waals surface area contributed by atoms with Gasteiger partial charge in [-0.3, -0.25) is 0 Å². The highest BCUT2D eigenvalue weighted by molar-refractivity contribution is 4.84. The number of unbranched alkanes of at least 4 members (excludes halogenated alkanes) is 17. The zero-order chi connectivity index (χ0) is 22.4. The number of imidazole rings is 1. The molecule has 31 heavy (non-hydrogen) atoms. The predicted octanol–water partition coefficient (Wildman–Crippen LogP) is 9.18. The molecule has 0 saturated carbocycles. The third-order valence-electron chi connectivity index (χ3n) is 6.85. The summed E-state index contributed by atoms with van der Waals surface area (Å²) in [4.78, 5) is 0. The van der Waals surface area contributed by atoms with E-state index >= 15 is 0 Å². The van der Waals surface area contributed by atoms with Crippen LogP contribution >= 0.6 is 0 Å². The van der Waals surface area contributed by atoms with Crippen LogP contribution in [-0.4, -0.2) is 4.57 Å². The Balaban J connectivity index is 2.35. The van der Waals surface area contributed by atoms with Crippen molar-refractivity contribution < 1.29 is 4.57 Å². The van der Waals surface area contributed by atoms with E-state index in [1.165, 1.54) is 148 Å². The number of aromatic nitrogens is 2. The average molecular weight is 434 g/mol. The summed E-state index contributed by atoms with van der Waals surface area (Å²) in [5.74, 6) is 1.60. The molecule has 0 amide bonds. The number of rotatable bonds is 23. The van der Waals surface area contributed by atoms with Gasteiger partial charge in [0.05, 0.1) is 13.1 Å². The lowest BCUT2D eigenvalue weighted by Crippen LogP contribution is -2.37. The van der Waals surface area contributed by atoms with Gasteiger partial charge in [0.15, 0.2) is 0 Å². The van der Waals surface area contributed by atoms with Crippen LogP contribution in [-0.2, 0) is 19.5 Å². The Kier molecular flexibility index (Phi) is 19.2. The molecule has 1 heterocycles. The molecule has 0 fully saturated rings. The summed E-state index contributed by atoms with van der Waals surface area (Å²) in [7, 11) is 0. The molecule has 182 valence electrons. The second kappa shape index (κ2) is 21.1. The summed E-state index contributed by atoms with van der Waals surface area (Å²) < 4.78 is 5.18. The highest BCUT2D eigenvalue weighted by Crippen LogP contribution is 2.12. The van der Waals surface area contributed by atoms with E-state index in [2.05, 4.69) is 42.3 Å². The minimum Gasteiger partial charge on any atom is -0.234 e. The Labute approximate surface area is 196 Å². The largest absolute Gasteiger partial charge is 0.256 e. The Bertz CT molecular complexity index is 453. The van der Waals surface area contributed by atoms with E-state index in [1.807, 2.05) is 0 Å². The van der Waals surface area contributed by atoms with Crippen molar-refractivity contribution in [3.63, 3.8) is 0 Å². The lowest BCUT2D eigenvalue weighted by atomic mass is 10.1. The van der Waals surface area contributed by atoms with E-state index in [9.17, 15) is 0 Å². The monoisotopic (exact) mass is 433 g/mol. The first-order chi connectivity index (χ1) is 15.3. The van der Waals surface area contributed by atoms with Crippen molar-refractivity contribution >= 4 is 0 Å². The summed E-state index contributed by atoms with van der Waals surface area (Å²) in [6, 6.07) is 0. The molecule has 0 unspecified atom stereocenters. The number of hydrogen-bond acceptors (Lipinski definition) is 0. The van der Waals surface area contributed by atoms with Gasteiger partial charge in [-0.1, -0.05) is 117 Å². The molecule has 0 aliphatic heterocycles. The molecule has 0 bridgehead atoms. The summed E-state index contributed by atoms with van der Waals surface area (Å²) in [6.45, 7) is 9.37. The summed E-state index contributed by atoms with van der Waals surface area (Å²) in [5.41, 5.74) is 0. The van der Waals surface area contributed by atoms with Crippen LogP contribution in [0.2, 0.25) is 0 Å². The topological polar surface area (TPSA) is 8.81 Å². The molecule has 1 aromatic heterocycles. The van der Waals surface area contributed by atoms with Crippen molar-refractivity contribution in [1.29, 1.82) is 0 Å². The smallest absolute Gasteiger partial charge is 0.234 e. The molecule has 1 rings (SSSR count). The molecule has 0 N–H and O–H groups in total. The van der Waals surface area contributed by atoms with Crippen LogP contribution in [0.25, 0.3) is 0 Å². The van der Waals surface area contributed by atoms with Gasteiger partial charge in [0.2, 0.25) is 0 Å². The van der Waals surface area contributed by atoms with E-state index in [1.54, 1.807) is 5.82 Å². The molecule has 0 saturated heterocycles. The first-order valence-corrected chi connectivity index (χ1v) is 14.4. The van der Waals surface area contributed by atoms with Gasteiger partial charge in [0, 0.05) is 6.42 Å². The number of aryl methyl sites for hydroxylation is 2. The Hall–Kier alpha value is -0.790. The second-order valence-corrected chi connectivity index (χ2v) is 9.86. The highest BCUT2D eigenvalue weighted by Gasteiger charge is 2.16. The van der Waals surface area contributed by atoms with Gasteiger partial charge in [0.1, 0.15) is 12.4 Å². The lowest BCUT2D eigenvalue weighted by molar-refractivity contribution is -0.704. The molecule has 0 aliphatic rings. The molecule has 2 heteroatoms. The van der Waals surface area contributed by atoms with Crippen molar-refractivity contribution in [3.8, 4) is 0 Å². The van der Waals surface area contributed by atoms with E-state index in [-0.39, 0.29) is 0 Å². The van der Waals surface area contributed by atoms with Crippen LogP contribution in [0.3, 0.4) is 0 Å². The first kappa shape index (κ1) is 28.2. The zero-order valence-corrected chi connectivity index (χ0v) is 21.8. The molecular formula is C29H57N2+. The van der Waals surface area contributed by atoms with Crippen molar-refractivity contribution in [2.75, 3.05) is 0 Å². The lowest BCUT2D eigenvalue weighted by Gasteiger charge is -2.07. The molecule has 0 aromatic carbocycles. The summed E-state index contributed by atoms with van der Waals surface area (Å²) >= 11 is 0. The minimum absolute atomic E-state index is 1.22. The van der Waals surface area contributed by atoms with Crippen LogP contribution in [0, 0.1) is 0 Å². The molecular weight excluding hydrogens is 376 g/mol.